The Balaban J connectivity index is 1.85. The Morgan fingerprint density at radius 1 is 0.889 bits per heavy atom. The second-order valence-electron chi connectivity index (χ2n) is 5.42. The molecule has 2 N–H and O–H groups in total. The Labute approximate surface area is 175 Å². The number of carbonyl (C=O) groups excluding carboxylic acids is 1. The second kappa shape index (κ2) is 8.28. The minimum Gasteiger partial charge on any atom is -0.506 e. The summed E-state index contributed by atoms with van der Waals surface area (Å²) in [6, 6.07) is 14.6. The van der Waals surface area contributed by atoms with Gasteiger partial charge >= 0.3 is 0 Å². The molecule has 0 heterocycles. The van der Waals surface area contributed by atoms with Gasteiger partial charge in [0.25, 0.3) is 5.91 Å². The van der Waals surface area contributed by atoms with Crippen molar-refractivity contribution in [2.24, 2.45) is 0 Å². The van der Waals surface area contributed by atoms with E-state index in [2.05, 4.69) is 5.32 Å². The maximum Gasteiger partial charge on any atom is 0.259 e. The van der Waals surface area contributed by atoms with Gasteiger partial charge in [0, 0.05) is 10.7 Å². The molecule has 138 valence electrons. The summed E-state index contributed by atoms with van der Waals surface area (Å²) in [7, 11) is 0. The molecule has 0 spiro atoms. The third kappa shape index (κ3) is 4.60. The SMILES string of the molecule is O=C(Nc1cc(Cl)c(Oc2ccccc2)c(Cl)c1)c1cc(Cl)cc(Cl)c1O. The molecule has 4 nitrogen and oxygen atoms in total. The molecule has 0 unspecified atom stereocenters. The van der Waals surface area contributed by atoms with Crippen LogP contribution in [-0.4, -0.2) is 11.0 Å². The fourth-order valence-electron chi connectivity index (χ4n) is 2.27. The molecule has 0 aliphatic carbocycles. The predicted molar refractivity (Wildman–Crippen MR) is 109 cm³/mol. The van der Waals surface area contributed by atoms with E-state index in [-0.39, 0.29) is 37.2 Å². The molecule has 0 atom stereocenters. The van der Waals surface area contributed by atoms with Gasteiger partial charge in [-0.15, -0.1) is 0 Å². The van der Waals surface area contributed by atoms with Crippen molar-refractivity contribution >= 4 is 58.0 Å². The first-order valence-corrected chi connectivity index (χ1v) is 9.07. The lowest BCUT2D eigenvalue weighted by Gasteiger charge is -2.13. The number of hydrogen-bond acceptors (Lipinski definition) is 3. The van der Waals surface area contributed by atoms with Gasteiger partial charge in [-0.3, -0.25) is 4.79 Å². The van der Waals surface area contributed by atoms with Crippen molar-refractivity contribution in [3.05, 3.63) is 80.3 Å². The van der Waals surface area contributed by atoms with Gasteiger partial charge in [-0.2, -0.15) is 0 Å². The van der Waals surface area contributed by atoms with Crippen LogP contribution in [0.5, 0.6) is 17.2 Å². The molecule has 0 saturated heterocycles. The average Bonchev–Trinajstić information content (AvgIpc) is 2.62. The Morgan fingerprint density at radius 3 is 2.15 bits per heavy atom. The topological polar surface area (TPSA) is 58.6 Å². The van der Waals surface area contributed by atoms with E-state index in [0.717, 1.165) is 0 Å². The highest BCUT2D eigenvalue weighted by Crippen LogP contribution is 2.39. The molecule has 0 saturated carbocycles. The van der Waals surface area contributed by atoms with Crippen LogP contribution < -0.4 is 10.1 Å². The van der Waals surface area contributed by atoms with E-state index in [9.17, 15) is 9.90 Å². The van der Waals surface area contributed by atoms with Crippen LogP contribution >= 0.6 is 46.4 Å². The molecule has 1 amide bonds. The van der Waals surface area contributed by atoms with E-state index in [1.54, 1.807) is 12.1 Å². The zero-order valence-electron chi connectivity index (χ0n) is 13.5. The lowest BCUT2D eigenvalue weighted by Crippen LogP contribution is -2.12. The van der Waals surface area contributed by atoms with Crippen LogP contribution in [0.1, 0.15) is 10.4 Å². The number of amides is 1. The summed E-state index contributed by atoms with van der Waals surface area (Å²) in [5, 5.41) is 13.1. The number of carbonyl (C=O) groups is 1. The van der Waals surface area contributed by atoms with Crippen molar-refractivity contribution in [3.63, 3.8) is 0 Å². The number of hydrogen-bond donors (Lipinski definition) is 2. The summed E-state index contributed by atoms with van der Waals surface area (Å²) in [6.45, 7) is 0. The lowest BCUT2D eigenvalue weighted by atomic mass is 10.1. The van der Waals surface area contributed by atoms with Crippen LogP contribution in [0.3, 0.4) is 0 Å². The van der Waals surface area contributed by atoms with Crippen LogP contribution in [0, 0.1) is 0 Å². The number of para-hydroxylation sites is 1. The largest absolute Gasteiger partial charge is 0.506 e. The van der Waals surface area contributed by atoms with Crippen molar-refractivity contribution < 1.29 is 14.6 Å². The monoisotopic (exact) mass is 441 g/mol. The first-order valence-electron chi connectivity index (χ1n) is 7.56. The highest BCUT2D eigenvalue weighted by molar-refractivity contribution is 6.38. The van der Waals surface area contributed by atoms with Crippen molar-refractivity contribution in [3.8, 4) is 17.2 Å². The molecule has 0 aliphatic rings. The number of benzene rings is 3. The summed E-state index contributed by atoms with van der Waals surface area (Å²) >= 11 is 24.2. The normalized spacial score (nSPS) is 10.5. The first-order chi connectivity index (χ1) is 12.8. The first kappa shape index (κ1) is 19.6. The van der Waals surface area contributed by atoms with Crippen molar-refractivity contribution in [2.45, 2.75) is 0 Å². The molecule has 8 heteroatoms. The van der Waals surface area contributed by atoms with Gasteiger partial charge in [-0.1, -0.05) is 64.6 Å². The summed E-state index contributed by atoms with van der Waals surface area (Å²) in [4.78, 5) is 12.4. The maximum absolute atomic E-state index is 12.4. The van der Waals surface area contributed by atoms with Crippen molar-refractivity contribution in [2.75, 3.05) is 5.32 Å². The molecular formula is C19H11Cl4NO3. The van der Waals surface area contributed by atoms with Crippen molar-refractivity contribution in [1.29, 1.82) is 0 Å². The zero-order valence-corrected chi connectivity index (χ0v) is 16.5. The van der Waals surface area contributed by atoms with Crippen LogP contribution in [0.4, 0.5) is 5.69 Å². The van der Waals surface area contributed by atoms with Gasteiger partial charge < -0.3 is 15.2 Å². The Bertz CT molecular complexity index is 986. The fourth-order valence-corrected chi connectivity index (χ4v) is 3.33. The molecule has 0 fully saturated rings. The summed E-state index contributed by atoms with van der Waals surface area (Å²) < 4.78 is 5.68. The second-order valence-corrected chi connectivity index (χ2v) is 7.08. The molecule has 27 heavy (non-hydrogen) atoms. The fraction of sp³-hybridized carbons (Fsp3) is 0. The van der Waals surface area contributed by atoms with Crippen LogP contribution in [0.15, 0.2) is 54.6 Å². The summed E-state index contributed by atoms with van der Waals surface area (Å²) in [5.41, 5.74) is 0.232. The van der Waals surface area contributed by atoms with E-state index in [1.807, 2.05) is 18.2 Å². The van der Waals surface area contributed by atoms with E-state index >= 15 is 0 Å². The molecule has 0 radical (unpaired) electrons. The van der Waals surface area contributed by atoms with Crippen LogP contribution in [-0.2, 0) is 0 Å². The van der Waals surface area contributed by atoms with Gasteiger partial charge in [-0.05, 0) is 36.4 Å². The average molecular weight is 443 g/mol. The van der Waals surface area contributed by atoms with Gasteiger partial charge in [-0.25, -0.2) is 0 Å². The lowest BCUT2D eigenvalue weighted by molar-refractivity contribution is 0.102. The third-order valence-corrected chi connectivity index (χ3v) is 4.56. The summed E-state index contributed by atoms with van der Waals surface area (Å²) in [6.07, 6.45) is 0. The standard InChI is InChI=1S/C19H11Cl4NO3/c20-10-6-13(17(25)14(21)7-10)19(26)24-11-8-15(22)18(16(23)9-11)27-12-4-2-1-3-5-12/h1-9,25H,(H,24,26). The van der Waals surface area contributed by atoms with E-state index in [1.165, 1.54) is 24.3 Å². The maximum atomic E-state index is 12.4. The van der Waals surface area contributed by atoms with Gasteiger partial charge in [0.15, 0.2) is 5.75 Å². The number of aromatic hydroxyl groups is 1. The number of rotatable bonds is 4. The number of phenols is 1. The van der Waals surface area contributed by atoms with Crippen LogP contribution in [0.25, 0.3) is 0 Å². The molecule has 3 aromatic carbocycles. The van der Waals surface area contributed by atoms with Gasteiger partial charge in [0.2, 0.25) is 0 Å². The molecule has 3 rings (SSSR count). The molecule has 0 bridgehead atoms. The quantitative estimate of drug-likeness (QED) is 0.455. The van der Waals surface area contributed by atoms with E-state index in [4.69, 9.17) is 51.1 Å². The molecule has 0 aliphatic heterocycles. The minimum absolute atomic E-state index is 0.0321. The number of nitrogens with one attached hydrogen (secondary N) is 1. The molecular weight excluding hydrogens is 432 g/mol. The van der Waals surface area contributed by atoms with Crippen molar-refractivity contribution in [1.82, 2.24) is 0 Å². The number of ether oxygens (including phenoxy) is 1. The number of anilines is 1. The van der Waals surface area contributed by atoms with Gasteiger partial charge in [0.05, 0.1) is 20.6 Å². The summed E-state index contributed by atoms with van der Waals surface area (Å²) in [5.74, 6) is -0.173. The Kier molecular flexibility index (Phi) is 6.02. The van der Waals surface area contributed by atoms with Crippen LogP contribution in [0.2, 0.25) is 20.1 Å². The Hall–Kier alpha value is -2.11. The molecule has 3 aromatic rings. The highest BCUT2D eigenvalue weighted by atomic mass is 35.5. The highest BCUT2D eigenvalue weighted by Gasteiger charge is 2.17. The van der Waals surface area contributed by atoms with E-state index in [0.29, 0.717) is 11.4 Å². The predicted octanol–water partition coefficient (Wildman–Crippen LogP) is 7.05. The Morgan fingerprint density at radius 2 is 1.52 bits per heavy atom. The minimum atomic E-state index is -0.624. The number of halogens is 4. The zero-order chi connectivity index (χ0) is 19.6. The van der Waals surface area contributed by atoms with E-state index < -0.39 is 5.91 Å². The third-order valence-electron chi connectivity index (χ3n) is 3.49. The van der Waals surface area contributed by atoms with Gasteiger partial charge in [0.1, 0.15) is 11.5 Å². The number of phenolic OH excluding ortho intramolecular Hbond substituents is 1. The molecule has 0 aromatic heterocycles. The smallest absolute Gasteiger partial charge is 0.259 e.